The molecule has 2 aromatic heterocycles. The Morgan fingerprint density at radius 3 is 1.64 bits per heavy atom. The lowest BCUT2D eigenvalue weighted by atomic mass is 10.0. The highest BCUT2D eigenvalue weighted by Gasteiger charge is 2.19. The predicted molar refractivity (Wildman–Crippen MR) is 208 cm³/mol. The smallest absolute Gasteiger partial charge is 0.164 e. The zero-order valence-electron chi connectivity index (χ0n) is 52.3. The number of rotatable bonds is 4. The summed E-state index contributed by atoms with van der Waals surface area (Å²) in [5.41, 5.74) is -4.31. The summed E-state index contributed by atoms with van der Waals surface area (Å²) in [5.74, 6) is -2.60. The number of hydrogen-bond donors (Lipinski definition) is 0. The molecule has 2 heterocycles. The second-order valence-electron chi connectivity index (χ2n) is 10.8. The van der Waals surface area contributed by atoms with Crippen molar-refractivity contribution >= 4 is 54.1 Å². The van der Waals surface area contributed by atoms with Gasteiger partial charge in [0.1, 0.15) is 0 Å². The number of hydrogen-bond acceptors (Lipinski definition) is 3. The van der Waals surface area contributed by atoms with E-state index in [0.29, 0.717) is 0 Å². The van der Waals surface area contributed by atoms with Crippen molar-refractivity contribution in [3.8, 4) is 39.9 Å². The van der Waals surface area contributed by atoms with Crippen LogP contribution in [0.4, 0.5) is 0 Å². The number of nitrogens with zero attached hydrogens (tertiary/aromatic N) is 4. The van der Waals surface area contributed by atoms with Crippen molar-refractivity contribution in [2.45, 2.75) is 6.92 Å². The van der Waals surface area contributed by atoms with Gasteiger partial charge < -0.3 is 4.57 Å². The molecule has 4 nitrogen and oxygen atoms in total. The molecule has 0 radical (unpaired) electrons. The Morgan fingerprint density at radius 2 is 0.940 bits per heavy atom. The zero-order chi connectivity index (χ0) is 56.7. The van der Waals surface area contributed by atoms with E-state index < -0.39 is 257 Å². The predicted octanol–water partition coefficient (Wildman–Crippen LogP) is 11.7. The lowest BCUT2D eigenvalue weighted by Gasteiger charge is -2.15. The van der Waals surface area contributed by atoms with E-state index in [9.17, 15) is 11.0 Å². The van der Waals surface area contributed by atoms with E-state index in [1.165, 1.54) is 6.92 Å². The van der Waals surface area contributed by atoms with Gasteiger partial charge in [0.15, 0.2) is 17.5 Å². The van der Waals surface area contributed by atoms with Gasteiger partial charge in [0.05, 0.1) is 53.7 Å². The molecule has 0 saturated heterocycles. The molecular formula is C46H30N4. The Morgan fingerprint density at radius 1 is 0.420 bits per heavy atom. The summed E-state index contributed by atoms with van der Waals surface area (Å²) in [5, 5.41) is -4.46. The molecule has 0 spiro atoms. The Labute approximate surface area is 326 Å². The minimum atomic E-state index is -1.06. The highest BCUT2D eigenvalue weighted by atomic mass is 15.0. The van der Waals surface area contributed by atoms with Crippen molar-refractivity contribution in [3.05, 3.63) is 169 Å². The van der Waals surface area contributed by atoms with Crippen LogP contribution < -0.4 is 0 Å². The van der Waals surface area contributed by atoms with Crippen LogP contribution in [0.25, 0.3) is 94.0 Å². The summed E-state index contributed by atoms with van der Waals surface area (Å²) in [6, 6.07) is -22.8. The summed E-state index contributed by atoms with van der Waals surface area (Å²) in [6.45, 7) is 1.31. The average molecular weight is 666 g/mol. The fourth-order valence-electron chi connectivity index (χ4n) is 5.59. The largest absolute Gasteiger partial charge is 0.309 e. The maximum atomic E-state index is 9.79. The first-order valence-electron chi connectivity index (χ1n) is 28.3. The Hall–Kier alpha value is -6.65. The van der Waals surface area contributed by atoms with E-state index in [1.807, 2.05) is 0 Å². The SMILES string of the molecule is [2H]c1c([2H])c([2H])c2c([2H])c(-c3nc(-c4c([2H])c([2H])c5c([2H])c([2H])c(C)c([2H])c5c4[2H])nc(-c4c([2H])c([2H])c(-n5c6c([2H])c([2H])c([2H])c([2H])c6c6c([2H])c([2H])c([2H])c([2H])c65)c5c([2H])c([2H])c([2H])c([2H])c45)n3)c([2H])c([2H])c2c1[2H]. The first-order valence-corrected chi connectivity index (χ1v) is 14.8. The molecule has 0 saturated carbocycles. The molecule has 10 aromatic rings. The molecule has 0 atom stereocenters. The van der Waals surface area contributed by atoms with Gasteiger partial charge in [-0.15, -0.1) is 0 Å². The molecule has 4 heteroatoms. The van der Waals surface area contributed by atoms with E-state index in [1.54, 1.807) is 0 Å². The monoisotopic (exact) mass is 665 g/mol. The van der Waals surface area contributed by atoms with E-state index in [4.69, 9.17) is 26.0 Å². The second kappa shape index (κ2) is 11.2. The molecule has 234 valence electrons. The molecule has 0 aliphatic carbocycles. The van der Waals surface area contributed by atoms with Crippen LogP contribution >= 0.6 is 0 Å². The summed E-state index contributed by atoms with van der Waals surface area (Å²) >= 11 is 0. The quantitative estimate of drug-likeness (QED) is 0.188. The van der Waals surface area contributed by atoms with Crippen LogP contribution in [0.5, 0.6) is 0 Å². The number of para-hydroxylation sites is 2. The first-order chi connectivity index (χ1) is 35.9. The van der Waals surface area contributed by atoms with E-state index >= 15 is 0 Å². The maximum Gasteiger partial charge on any atom is 0.164 e. The Kier molecular flexibility index (Phi) is 2.77. The molecule has 50 heavy (non-hydrogen) atoms. The number of fused-ring (bicyclic) bond motifs is 6. The van der Waals surface area contributed by atoms with Crippen molar-refractivity contribution in [3.63, 3.8) is 0 Å². The van der Waals surface area contributed by atoms with Crippen LogP contribution in [-0.4, -0.2) is 19.5 Å². The molecule has 0 unspecified atom stereocenters. The van der Waals surface area contributed by atoms with Gasteiger partial charge in [0, 0.05) is 32.8 Å². The summed E-state index contributed by atoms with van der Waals surface area (Å²) < 4.78 is 242. The van der Waals surface area contributed by atoms with Crippen LogP contribution in [-0.2, 0) is 0 Å². The average Bonchev–Trinajstić information content (AvgIpc) is 3.75. The maximum absolute atomic E-state index is 9.79. The van der Waals surface area contributed by atoms with E-state index in [-0.39, 0.29) is 5.56 Å². The third-order valence-electron chi connectivity index (χ3n) is 7.79. The van der Waals surface area contributed by atoms with Crippen molar-refractivity contribution < 1.29 is 37.0 Å². The van der Waals surface area contributed by atoms with E-state index in [0.717, 1.165) is 4.57 Å². The highest BCUT2D eigenvalue weighted by Crippen LogP contribution is 2.38. The number of aromatic nitrogens is 4. The molecule has 0 fully saturated rings. The normalized spacial score (nSPS) is 19.3. The molecule has 0 aliphatic heterocycles. The highest BCUT2D eigenvalue weighted by molar-refractivity contribution is 6.11. The molecule has 0 bridgehead atoms. The van der Waals surface area contributed by atoms with Gasteiger partial charge in [-0.25, -0.2) is 15.0 Å². The molecule has 0 N–H and O–H groups in total. The Bertz CT molecular complexity index is 4280. The molecule has 0 aliphatic rings. The lowest BCUT2D eigenvalue weighted by Crippen LogP contribution is -2.02. The van der Waals surface area contributed by atoms with Gasteiger partial charge in [0.25, 0.3) is 0 Å². The molecule has 10 rings (SSSR count). The van der Waals surface area contributed by atoms with Gasteiger partial charge in [-0.2, -0.15) is 0 Å². The third-order valence-corrected chi connectivity index (χ3v) is 7.79. The number of benzene rings is 8. The van der Waals surface area contributed by atoms with E-state index in [2.05, 4.69) is 15.0 Å². The topological polar surface area (TPSA) is 43.6 Å². The van der Waals surface area contributed by atoms with Crippen molar-refractivity contribution in [2.24, 2.45) is 0 Å². The van der Waals surface area contributed by atoms with Crippen LogP contribution in [0, 0.1) is 6.92 Å². The molecule has 0 amide bonds. The minimum absolute atomic E-state index is 0.102. The standard InChI is InChI=1S/C46H30N4/c1-29-18-19-31-21-23-34(28-35(31)26-29)45-47-44(33-22-20-30-10-2-3-11-32(30)27-33)48-46(49-45)40-24-25-43(37-13-5-4-12-36(37)40)50-41-16-8-6-14-38(41)39-15-7-9-17-42(39)50/h2-28H,1H3/i2D,3D,4D,5D,6D,7D,8D,9D,10D,11D,12D,13D,14D,15D,16D,17D,18D,19D,20D,21D,22D,23D,24D,25D,26D,27D,28D. The van der Waals surface area contributed by atoms with Crippen molar-refractivity contribution in [1.29, 1.82) is 0 Å². The first kappa shape index (κ1) is 12.3. The van der Waals surface area contributed by atoms with Crippen LogP contribution in [0.2, 0.25) is 0 Å². The van der Waals surface area contributed by atoms with Gasteiger partial charge in [0.2, 0.25) is 0 Å². The summed E-state index contributed by atoms with van der Waals surface area (Å²) in [6.07, 6.45) is 0. The molecule has 8 aromatic carbocycles. The Balaban J connectivity index is 1.46. The summed E-state index contributed by atoms with van der Waals surface area (Å²) in [7, 11) is 0. The van der Waals surface area contributed by atoms with Gasteiger partial charge in [-0.3, -0.25) is 0 Å². The fraction of sp³-hybridized carbons (Fsp3) is 0.0217. The second-order valence-corrected chi connectivity index (χ2v) is 10.8. The van der Waals surface area contributed by atoms with Gasteiger partial charge in [-0.1, -0.05) is 132 Å². The van der Waals surface area contributed by atoms with Crippen molar-refractivity contribution in [2.75, 3.05) is 0 Å². The van der Waals surface area contributed by atoms with Gasteiger partial charge in [-0.05, 0) is 70.1 Å². The zero-order valence-corrected chi connectivity index (χ0v) is 25.3. The molecular weight excluding hydrogens is 609 g/mol. The van der Waals surface area contributed by atoms with Crippen LogP contribution in [0.15, 0.2) is 163 Å². The van der Waals surface area contributed by atoms with Crippen molar-refractivity contribution in [1.82, 2.24) is 19.5 Å². The van der Waals surface area contributed by atoms with Crippen LogP contribution in [0.3, 0.4) is 0 Å². The van der Waals surface area contributed by atoms with Crippen LogP contribution in [0.1, 0.15) is 42.6 Å². The minimum Gasteiger partial charge on any atom is -0.309 e. The third kappa shape index (κ3) is 4.57. The summed E-state index contributed by atoms with van der Waals surface area (Å²) in [4.78, 5) is 13.3. The van der Waals surface area contributed by atoms with Gasteiger partial charge >= 0.3 is 0 Å². The fourth-order valence-corrected chi connectivity index (χ4v) is 5.59. The lowest BCUT2D eigenvalue weighted by molar-refractivity contribution is 1.08.